The Bertz CT molecular complexity index is 750. The van der Waals surface area contributed by atoms with Gasteiger partial charge in [0, 0.05) is 22.0 Å². The summed E-state index contributed by atoms with van der Waals surface area (Å²) in [5.74, 6) is 0.863. The summed E-state index contributed by atoms with van der Waals surface area (Å²) < 4.78 is 17.4. The Kier molecular flexibility index (Phi) is 4.93. The van der Waals surface area contributed by atoms with Crippen LogP contribution in [0.15, 0.2) is 60.7 Å². The number of alkyl halides is 1. The van der Waals surface area contributed by atoms with Gasteiger partial charge in [-0.2, -0.15) is 0 Å². The van der Waals surface area contributed by atoms with Crippen LogP contribution in [-0.2, 0) is 0 Å². The highest BCUT2D eigenvalue weighted by Gasteiger charge is 2.05. The molecule has 0 atom stereocenters. The molecule has 0 unspecified atom stereocenters. The molecule has 0 fully saturated rings. The summed E-state index contributed by atoms with van der Waals surface area (Å²) in [5.41, 5.74) is 3.29. The van der Waals surface area contributed by atoms with Crippen molar-refractivity contribution in [2.75, 3.05) is 25.6 Å². The fraction of sp³-hybridized carbons (Fsp3) is 0.158. The molecule has 4 heteroatoms. The number of methoxy groups -OCH3 is 1. The van der Waals surface area contributed by atoms with Crippen molar-refractivity contribution in [1.29, 1.82) is 0 Å². The minimum atomic E-state index is -0.363. The predicted octanol–water partition coefficient (Wildman–Crippen LogP) is 5.47. The van der Waals surface area contributed by atoms with E-state index in [0.29, 0.717) is 6.54 Å². The minimum Gasteiger partial charge on any atom is -0.497 e. The molecule has 0 aliphatic heterocycles. The van der Waals surface area contributed by atoms with E-state index >= 15 is 0 Å². The first-order valence-corrected chi connectivity index (χ1v) is 8.26. The average Bonchev–Trinajstić information content (AvgIpc) is 3.10. The Balaban J connectivity index is 1.78. The summed E-state index contributed by atoms with van der Waals surface area (Å²) in [6.45, 7) is -0.0160. The summed E-state index contributed by atoms with van der Waals surface area (Å²) in [6, 6.07) is 20.4. The van der Waals surface area contributed by atoms with E-state index in [1.807, 2.05) is 24.3 Å². The molecule has 3 rings (SSSR count). The highest BCUT2D eigenvalue weighted by atomic mass is 32.1. The number of anilines is 1. The van der Waals surface area contributed by atoms with Crippen LogP contribution in [0.5, 0.6) is 5.75 Å². The van der Waals surface area contributed by atoms with Crippen molar-refractivity contribution >= 4 is 17.0 Å². The molecule has 0 radical (unpaired) electrons. The monoisotopic (exact) mass is 327 g/mol. The van der Waals surface area contributed by atoms with Gasteiger partial charge in [-0.05, 0) is 59.7 Å². The molecule has 2 aromatic carbocycles. The number of benzene rings is 2. The first-order chi connectivity index (χ1) is 11.3. The van der Waals surface area contributed by atoms with Gasteiger partial charge in [0.25, 0.3) is 0 Å². The summed E-state index contributed by atoms with van der Waals surface area (Å²) in [4.78, 5) is 2.44. The van der Waals surface area contributed by atoms with Gasteiger partial charge < -0.3 is 10.1 Å². The number of ether oxygens (including phenoxy) is 1. The fourth-order valence-corrected chi connectivity index (χ4v) is 3.36. The Hall–Kier alpha value is -2.33. The van der Waals surface area contributed by atoms with Crippen LogP contribution in [0.25, 0.3) is 20.9 Å². The second-order valence-electron chi connectivity index (χ2n) is 5.09. The third-order valence-corrected chi connectivity index (χ3v) is 4.76. The molecule has 3 aromatic rings. The third-order valence-electron chi connectivity index (χ3n) is 3.57. The van der Waals surface area contributed by atoms with Gasteiger partial charge in [-0.25, -0.2) is 4.39 Å². The molecule has 0 saturated heterocycles. The fourth-order valence-electron chi connectivity index (χ4n) is 2.35. The van der Waals surface area contributed by atoms with Gasteiger partial charge in [-0.3, -0.25) is 0 Å². The second kappa shape index (κ2) is 7.29. The zero-order chi connectivity index (χ0) is 16.1. The lowest BCUT2D eigenvalue weighted by Crippen LogP contribution is -2.02. The minimum absolute atomic E-state index is 0.347. The summed E-state index contributed by atoms with van der Waals surface area (Å²) in [7, 11) is 1.67. The van der Waals surface area contributed by atoms with Crippen molar-refractivity contribution in [2.45, 2.75) is 0 Å². The molecular formula is C19H18FNOS. The largest absolute Gasteiger partial charge is 0.497 e. The molecule has 0 bridgehead atoms. The van der Waals surface area contributed by atoms with E-state index in [1.165, 1.54) is 20.9 Å². The van der Waals surface area contributed by atoms with Gasteiger partial charge in [0.2, 0.25) is 0 Å². The molecular weight excluding hydrogens is 309 g/mol. The van der Waals surface area contributed by atoms with Gasteiger partial charge in [-0.1, -0.05) is 12.1 Å². The van der Waals surface area contributed by atoms with Crippen LogP contribution in [0.3, 0.4) is 0 Å². The molecule has 1 N–H and O–H groups in total. The van der Waals surface area contributed by atoms with Crippen molar-refractivity contribution in [3.63, 3.8) is 0 Å². The smallest absolute Gasteiger partial charge is 0.118 e. The number of hydrogen-bond donors (Lipinski definition) is 1. The van der Waals surface area contributed by atoms with Crippen molar-refractivity contribution in [3.8, 4) is 26.6 Å². The summed E-state index contributed by atoms with van der Waals surface area (Å²) in [5, 5.41) is 3.03. The Morgan fingerprint density at radius 1 is 0.870 bits per heavy atom. The summed E-state index contributed by atoms with van der Waals surface area (Å²) >= 11 is 1.76. The van der Waals surface area contributed by atoms with Crippen LogP contribution in [0.4, 0.5) is 10.1 Å². The van der Waals surface area contributed by atoms with Gasteiger partial charge in [-0.15, -0.1) is 11.3 Å². The van der Waals surface area contributed by atoms with Crippen LogP contribution in [0.2, 0.25) is 0 Å². The zero-order valence-corrected chi connectivity index (χ0v) is 13.7. The van der Waals surface area contributed by atoms with Gasteiger partial charge >= 0.3 is 0 Å². The topological polar surface area (TPSA) is 21.3 Å². The molecule has 0 aliphatic carbocycles. The van der Waals surface area contributed by atoms with Gasteiger partial charge in [0.1, 0.15) is 12.4 Å². The molecule has 2 nitrogen and oxygen atoms in total. The van der Waals surface area contributed by atoms with Crippen molar-refractivity contribution in [1.82, 2.24) is 0 Å². The van der Waals surface area contributed by atoms with Gasteiger partial charge in [0.15, 0.2) is 0 Å². The van der Waals surface area contributed by atoms with Crippen LogP contribution >= 0.6 is 11.3 Å². The van der Waals surface area contributed by atoms with Crippen LogP contribution in [-0.4, -0.2) is 20.3 Å². The lowest BCUT2D eigenvalue weighted by molar-refractivity contribution is 0.415. The first kappa shape index (κ1) is 15.6. The van der Waals surface area contributed by atoms with Gasteiger partial charge in [0.05, 0.1) is 7.11 Å². The molecule has 118 valence electrons. The second-order valence-corrected chi connectivity index (χ2v) is 6.17. The lowest BCUT2D eigenvalue weighted by atomic mass is 10.1. The third kappa shape index (κ3) is 3.71. The Morgan fingerprint density at radius 3 is 1.96 bits per heavy atom. The van der Waals surface area contributed by atoms with E-state index < -0.39 is 0 Å². The van der Waals surface area contributed by atoms with E-state index in [0.717, 1.165) is 11.4 Å². The highest BCUT2D eigenvalue weighted by molar-refractivity contribution is 7.18. The number of rotatable bonds is 6. The number of thiophene rings is 1. The van der Waals surface area contributed by atoms with Crippen molar-refractivity contribution < 1.29 is 9.13 Å². The molecule has 1 heterocycles. The number of halogens is 1. The quantitative estimate of drug-likeness (QED) is 0.648. The predicted molar refractivity (Wildman–Crippen MR) is 96.2 cm³/mol. The molecule has 0 saturated carbocycles. The van der Waals surface area contributed by atoms with E-state index in [1.54, 1.807) is 18.4 Å². The van der Waals surface area contributed by atoms with Crippen LogP contribution in [0.1, 0.15) is 0 Å². The molecule has 23 heavy (non-hydrogen) atoms. The number of nitrogens with one attached hydrogen (secondary N) is 1. The van der Waals surface area contributed by atoms with E-state index in [2.05, 4.69) is 41.7 Å². The highest BCUT2D eigenvalue weighted by Crippen LogP contribution is 2.35. The standard InChI is InChI=1S/C19H18FNOS/c1-22-17-8-4-15(5-9-17)19-11-10-18(23-19)14-2-6-16(7-3-14)21-13-12-20/h2-11,21H,12-13H2,1H3. The van der Waals surface area contributed by atoms with Crippen molar-refractivity contribution in [3.05, 3.63) is 60.7 Å². The molecule has 0 aliphatic rings. The zero-order valence-electron chi connectivity index (χ0n) is 12.9. The maximum absolute atomic E-state index is 12.2. The lowest BCUT2D eigenvalue weighted by Gasteiger charge is -2.04. The average molecular weight is 327 g/mol. The Labute approximate surface area is 139 Å². The first-order valence-electron chi connectivity index (χ1n) is 7.44. The molecule has 1 aromatic heterocycles. The van der Waals surface area contributed by atoms with Crippen LogP contribution < -0.4 is 10.1 Å². The van der Waals surface area contributed by atoms with Crippen molar-refractivity contribution in [2.24, 2.45) is 0 Å². The summed E-state index contributed by atoms with van der Waals surface area (Å²) in [6.07, 6.45) is 0. The van der Waals surface area contributed by atoms with E-state index in [-0.39, 0.29) is 6.67 Å². The van der Waals surface area contributed by atoms with E-state index in [4.69, 9.17) is 4.74 Å². The van der Waals surface area contributed by atoms with E-state index in [9.17, 15) is 4.39 Å². The Morgan fingerprint density at radius 2 is 1.43 bits per heavy atom. The number of hydrogen-bond acceptors (Lipinski definition) is 3. The normalized spacial score (nSPS) is 10.5. The maximum atomic E-state index is 12.2. The van der Waals surface area contributed by atoms with Crippen LogP contribution in [0, 0.1) is 0 Å². The maximum Gasteiger partial charge on any atom is 0.118 e. The molecule has 0 amide bonds. The SMILES string of the molecule is COc1ccc(-c2ccc(-c3ccc(NCCF)cc3)s2)cc1. The molecule has 0 spiro atoms.